The first-order valence-corrected chi connectivity index (χ1v) is 7.39. The lowest BCUT2D eigenvalue weighted by atomic mass is 9.79. The molecule has 1 rings (SSSR count). The maximum Gasteiger partial charge on any atom is 0.217 e. The average molecular weight is 270 g/mol. The molecule has 0 atom stereocenters. The van der Waals surface area contributed by atoms with Crippen molar-refractivity contribution in [3.05, 3.63) is 0 Å². The molecule has 0 aliphatic carbocycles. The maximum absolute atomic E-state index is 11.3. The highest BCUT2D eigenvalue weighted by molar-refractivity contribution is 5.73. The Morgan fingerprint density at radius 2 is 1.79 bits per heavy atom. The van der Waals surface area contributed by atoms with Crippen molar-refractivity contribution in [2.75, 3.05) is 6.61 Å². The van der Waals surface area contributed by atoms with Gasteiger partial charge in [-0.1, -0.05) is 13.3 Å². The standard InChI is InChI=1S/C15H30N2O2/c1-7-8-9-19-17-14(3,4)10-13(16-12(2)18)11-15(17,5)6/h13H,7-11H2,1-6H3,(H,16,18). The third-order valence-corrected chi connectivity index (χ3v) is 3.72. The van der Waals surface area contributed by atoms with Gasteiger partial charge in [0.15, 0.2) is 0 Å². The van der Waals surface area contributed by atoms with E-state index in [1.54, 1.807) is 6.92 Å². The highest BCUT2D eigenvalue weighted by atomic mass is 16.7. The van der Waals surface area contributed by atoms with Crippen molar-refractivity contribution in [2.45, 2.75) is 84.3 Å². The Balaban J connectivity index is 2.74. The SMILES string of the molecule is CCCCON1C(C)(C)CC(NC(C)=O)CC1(C)C. The second kappa shape index (κ2) is 6.23. The zero-order chi connectivity index (χ0) is 14.7. The van der Waals surface area contributed by atoms with E-state index in [2.05, 4.69) is 45.0 Å². The molecular formula is C15H30N2O2. The summed E-state index contributed by atoms with van der Waals surface area (Å²) in [6.07, 6.45) is 4.06. The number of hydrogen-bond acceptors (Lipinski definition) is 3. The number of nitrogens with zero attached hydrogens (tertiary/aromatic N) is 1. The zero-order valence-electron chi connectivity index (χ0n) is 13.4. The summed E-state index contributed by atoms with van der Waals surface area (Å²) in [6.45, 7) is 13.3. The lowest BCUT2D eigenvalue weighted by Gasteiger charge is -2.53. The van der Waals surface area contributed by atoms with E-state index < -0.39 is 0 Å². The summed E-state index contributed by atoms with van der Waals surface area (Å²) >= 11 is 0. The van der Waals surface area contributed by atoms with Crippen molar-refractivity contribution in [2.24, 2.45) is 0 Å². The van der Waals surface area contributed by atoms with E-state index in [9.17, 15) is 4.79 Å². The summed E-state index contributed by atoms with van der Waals surface area (Å²) in [7, 11) is 0. The molecule has 1 aliphatic heterocycles. The van der Waals surface area contributed by atoms with Crippen LogP contribution in [-0.4, -0.2) is 34.7 Å². The highest BCUT2D eigenvalue weighted by Crippen LogP contribution is 2.38. The second-order valence-electron chi connectivity index (χ2n) is 6.91. The van der Waals surface area contributed by atoms with E-state index >= 15 is 0 Å². The number of carbonyl (C=O) groups is 1. The monoisotopic (exact) mass is 270 g/mol. The Bertz CT molecular complexity index is 295. The minimum atomic E-state index is -0.0669. The maximum atomic E-state index is 11.3. The van der Waals surface area contributed by atoms with Crippen LogP contribution < -0.4 is 5.32 Å². The number of hydrogen-bond donors (Lipinski definition) is 1. The highest BCUT2D eigenvalue weighted by Gasteiger charge is 2.46. The summed E-state index contributed by atoms with van der Waals surface area (Å²) in [5, 5.41) is 5.21. The van der Waals surface area contributed by atoms with Crippen LogP contribution in [0.4, 0.5) is 0 Å². The van der Waals surface area contributed by atoms with Crippen LogP contribution in [0.25, 0.3) is 0 Å². The lowest BCUT2D eigenvalue weighted by molar-refractivity contribution is -0.284. The Morgan fingerprint density at radius 3 is 2.21 bits per heavy atom. The Morgan fingerprint density at radius 1 is 1.26 bits per heavy atom. The Labute approximate surface area is 117 Å². The van der Waals surface area contributed by atoms with Crippen molar-refractivity contribution in [3.63, 3.8) is 0 Å². The minimum absolute atomic E-state index is 0.0527. The van der Waals surface area contributed by atoms with Crippen molar-refractivity contribution >= 4 is 5.91 Å². The van der Waals surface area contributed by atoms with Crippen molar-refractivity contribution < 1.29 is 9.63 Å². The smallest absolute Gasteiger partial charge is 0.217 e. The molecule has 1 N–H and O–H groups in total. The molecule has 0 aromatic heterocycles. The van der Waals surface area contributed by atoms with Crippen LogP contribution >= 0.6 is 0 Å². The topological polar surface area (TPSA) is 41.6 Å². The van der Waals surface area contributed by atoms with Gasteiger partial charge in [-0.3, -0.25) is 9.63 Å². The Kier molecular flexibility index (Phi) is 5.39. The van der Waals surface area contributed by atoms with Gasteiger partial charge in [0.1, 0.15) is 0 Å². The van der Waals surface area contributed by atoms with E-state index in [-0.39, 0.29) is 23.0 Å². The molecule has 0 aromatic rings. The first-order chi connectivity index (χ1) is 8.69. The lowest BCUT2D eigenvalue weighted by Crippen LogP contribution is -2.64. The van der Waals surface area contributed by atoms with Gasteiger partial charge in [-0.2, -0.15) is 5.06 Å². The fourth-order valence-electron chi connectivity index (χ4n) is 3.30. The predicted molar refractivity (Wildman–Crippen MR) is 77.7 cm³/mol. The molecule has 1 amide bonds. The number of piperidine rings is 1. The third-order valence-electron chi connectivity index (χ3n) is 3.72. The van der Waals surface area contributed by atoms with Gasteiger partial charge in [-0.25, -0.2) is 0 Å². The van der Waals surface area contributed by atoms with Gasteiger partial charge < -0.3 is 5.32 Å². The summed E-state index contributed by atoms with van der Waals surface area (Å²) in [5.74, 6) is 0.0527. The van der Waals surface area contributed by atoms with Gasteiger partial charge in [0.25, 0.3) is 0 Å². The quantitative estimate of drug-likeness (QED) is 0.781. The fourth-order valence-corrected chi connectivity index (χ4v) is 3.30. The molecule has 4 heteroatoms. The first kappa shape index (κ1) is 16.4. The van der Waals surface area contributed by atoms with Gasteiger partial charge >= 0.3 is 0 Å². The summed E-state index contributed by atoms with van der Waals surface area (Å²) in [6, 6.07) is 0.230. The molecule has 112 valence electrons. The average Bonchev–Trinajstić information content (AvgIpc) is 2.19. The number of amides is 1. The fraction of sp³-hybridized carbons (Fsp3) is 0.933. The van der Waals surface area contributed by atoms with Crippen LogP contribution in [0.5, 0.6) is 0 Å². The van der Waals surface area contributed by atoms with Crippen LogP contribution in [0.15, 0.2) is 0 Å². The molecule has 0 unspecified atom stereocenters. The van der Waals surface area contributed by atoms with Crippen LogP contribution in [-0.2, 0) is 9.63 Å². The van der Waals surface area contributed by atoms with E-state index in [0.29, 0.717) is 0 Å². The Hall–Kier alpha value is -0.610. The second-order valence-corrected chi connectivity index (χ2v) is 6.91. The number of carbonyl (C=O) groups excluding carboxylic acids is 1. The molecular weight excluding hydrogens is 240 g/mol. The molecule has 1 saturated heterocycles. The number of unbranched alkanes of at least 4 members (excludes halogenated alkanes) is 1. The van der Waals surface area contributed by atoms with E-state index in [0.717, 1.165) is 32.3 Å². The van der Waals surface area contributed by atoms with Gasteiger partial charge in [-0.15, -0.1) is 0 Å². The van der Waals surface area contributed by atoms with E-state index in [1.807, 2.05) is 0 Å². The molecule has 0 radical (unpaired) electrons. The molecule has 4 nitrogen and oxygen atoms in total. The van der Waals surface area contributed by atoms with Gasteiger partial charge in [0.2, 0.25) is 5.91 Å². The van der Waals surface area contributed by atoms with Gasteiger partial charge in [0, 0.05) is 24.0 Å². The first-order valence-electron chi connectivity index (χ1n) is 7.39. The van der Waals surface area contributed by atoms with Crippen LogP contribution in [0.2, 0.25) is 0 Å². The minimum Gasteiger partial charge on any atom is -0.353 e. The van der Waals surface area contributed by atoms with Crippen LogP contribution in [0.3, 0.4) is 0 Å². The summed E-state index contributed by atoms with van der Waals surface area (Å²) in [4.78, 5) is 17.3. The van der Waals surface area contributed by atoms with E-state index in [4.69, 9.17) is 4.84 Å². The normalized spacial score (nSPS) is 23.3. The van der Waals surface area contributed by atoms with Gasteiger partial charge in [-0.05, 0) is 47.0 Å². The largest absolute Gasteiger partial charge is 0.353 e. The predicted octanol–water partition coefficient (Wildman–Crippen LogP) is 2.88. The van der Waals surface area contributed by atoms with Gasteiger partial charge in [0.05, 0.1) is 6.61 Å². The molecule has 0 aromatic carbocycles. The molecule has 1 aliphatic rings. The third kappa shape index (κ3) is 4.46. The zero-order valence-corrected chi connectivity index (χ0v) is 13.4. The summed E-state index contributed by atoms with van der Waals surface area (Å²) < 4.78 is 0. The van der Waals surface area contributed by atoms with Crippen LogP contribution in [0.1, 0.15) is 67.2 Å². The summed E-state index contributed by atoms with van der Waals surface area (Å²) in [5.41, 5.74) is -0.134. The number of nitrogens with one attached hydrogen (secondary N) is 1. The molecule has 0 spiro atoms. The van der Waals surface area contributed by atoms with Crippen molar-refractivity contribution in [3.8, 4) is 0 Å². The number of hydroxylamine groups is 2. The molecule has 1 fully saturated rings. The van der Waals surface area contributed by atoms with E-state index in [1.165, 1.54) is 0 Å². The molecule has 19 heavy (non-hydrogen) atoms. The molecule has 0 saturated carbocycles. The van der Waals surface area contributed by atoms with Crippen molar-refractivity contribution in [1.82, 2.24) is 10.4 Å². The number of rotatable bonds is 5. The molecule has 0 bridgehead atoms. The van der Waals surface area contributed by atoms with Crippen molar-refractivity contribution in [1.29, 1.82) is 0 Å². The molecule has 1 heterocycles. The van der Waals surface area contributed by atoms with Crippen LogP contribution in [0, 0.1) is 0 Å².